The molecule has 0 bridgehead atoms. The molecule has 1 amide bonds. The van der Waals surface area contributed by atoms with Gasteiger partial charge in [0, 0.05) is 6.54 Å². The van der Waals surface area contributed by atoms with E-state index < -0.39 is 30.7 Å². The summed E-state index contributed by atoms with van der Waals surface area (Å²) in [5.41, 5.74) is 0.831. The van der Waals surface area contributed by atoms with Crippen LogP contribution < -0.4 is 5.32 Å². The van der Waals surface area contributed by atoms with Gasteiger partial charge in [0.05, 0.1) is 6.61 Å². The minimum absolute atomic E-state index is 0.253. The Morgan fingerprint density at radius 3 is 1.81 bits per heavy atom. The van der Waals surface area contributed by atoms with E-state index in [0.29, 0.717) is 11.1 Å². The van der Waals surface area contributed by atoms with Crippen molar-refractivity contribution in [2.75, 3.05) is 0 Å². The van der Waals surface area contributed by atoms with Crippen LogP contribution in [0.15, 0.2) is 24.3 Å². The lowest BCUT2D eigenvalue weighted by Crippen LogP contribution is -2.47. The van der Waals surface area contributed by atoms with Crippen molar-refractivity contribution in [2.45, 2.75) is 25.5 Å². The van der Waals surface area contributed by atoms with Crippen LogP contribution in [0.5, 0.6) is 0 Å². The molecule has 118 valence electrons. The van der Waals surface area contributed by atoms with Crippen molar-refractivity contribution in [3.8, 4) is 0 Å². The number of aliphatic hydroxyl groups excluding tert-OH is 1. The second-order valence-corrected chi connectivity index (χ2v) is 4.21. The van der Waals surface area contributed by atoms with Gasteiger partial charge < -0.3 is 10.4 Å². The molecule has 0 radical (unpaired) electrons. The number of aliphatic hydroxyl groups is 1. The fraction of sp³-hybridized carbons (Fsp3) is 0.417. The van der Waals surface area contributed by atoms with Crippen LogP contribution in [0.1, 0.15) is 11.1 Å². The van der Waals surface area contributed by atoms with Crippen molar-refractivity contribution in [3.05, 3.63) is 35.4 Å². The molecule has 9 heteroatoms. The van der Waals surface area contributed by atoms with Crippen molar-refractivity contribution in [1.29, 1.82) is 0 Å². The van der Waals surface area contributed by atoms with E-state index in [2.05, 4.69) is 0 Å². The highest BCUT2D eigenvalue weighted by Crippen LogP contribution is 2.39. The van der Waals surface area contributed by atoms with Gasteiger partial charge in [0.25, 0.3) is 0 Å². The van der Waals surface area contributed by atoms with Gasteiger partial charge in [-0.25, -0.2) is 0 Å². The van der Waals surface area contributed by atoms with Crippen molar-refractivity contribution >= 4 is 5.91 Å². The summed E-state index contributed by atoms with van der Waals surface area (Å²) in [4.78, 5) is 11.1. The standard InChI is InChI=1S/C12H11F6NO2/c13-11(14,15)9(12(16,17)18)10(21)19-5-7-1-3-8(6-20)4-2-7/h1-4,9,20H,5-6H2,(H,19,21). The van der Waals surface area contributed by atoms with Crippen LogP contribution >= 0.6 is 0 Å². The Labute approximate surface area is 115 Å². The second kappa shape index (κ2) is 6.33. The number of carbonyl (C=O) groups excluding carboxylic acids is 1. The van der Waals surface area contributed by atoms with Crippen molar-refractivity contribution in [1.82, 2.24) is 5.32 Å². The van der Waals surface area contributed by atoms with Crippen LogP contribution in [0.3, 0.4) is 0 Å². The first-order valence-electron chi connectivity index (χ1n) is 5.65. The Morgan fingerprint density at radius 2 is 1.43 bits per heavy atom. The molecule has 1 aromatic carbocycles. The molecule has 0 aliphatic heterocycles. The number of amides is 1. The van der Waals surface area contributed by atoms with E-state index in [1.54, 1.807) is 5.32 Å². The Morgan fingerprint density at radius 1 is 1.00 bits per heavy atom. The van der Waals surface area contributed by atoms with Gasteiger partial charge in [0.2, 0.25) is 11.8 Å². The Bertz CT molecular complexity index is 466. The lowest BCUT2D eigenvalue weighted by atomic mass is 10.1. The van der Waals surface area contributed by atoms with Gasteiger partial charge in [-0.2, -0.15) is 26.3 Å². The molecule has 0 heterocycles. The molecule has 21 heavy (non-hydrogen) atoms. The highest BCUT2D eigenvalue weighted by Gasteiger charge is 2.60. The Hall–Kier alpha value is -1.77. The fourth-order valence-corrected chi connectivity index (χ4v) is 1.54. The average Bonchev–Trinajstić information content (AvgIpc) is 2.33. The quantitative estimate of drug-likeness (QED) is 0.839. The highest BCUT2D eigenvalue weighted by atomic mass is 19.4. The third kappa shape index (κ3) is 4.92. The minimum atomic E-state index is -5.71. The molecule has 2 N–H and O–H groups in total. The zero-order valence-electron chi connectivity index (χ0n) is 10.4. The zero-order chi connectivity index (χ0) is 16.3. The van der Waals surface area contributed by atoms with Crippen LogP contribution in [0.4, 0.5) is 26.3 Å². The van der Waals surface area contributed by atoms with Gasteiger partial charge in [-0.05, 0) is 11.1 Å². The predicted molar refractivity (Wildman–Crippen MR) is 59.8 cm³/mol. The third-order valence-electron chi connectivity index (χ3n) is 2.59. The summed E-state index contributed by atoms with van der Waals surface area (Å²) < 4.78 is 73.7. The number of carbonyl (C=O) groups is 1. The molecule has 0 saturated carbocycles. The van der Waals surface area contributed by atoms with E-state index in [1.165, 1.54) is 24.3 Å². The maximum Gasteiger partial charge on any atom is 0.409 e. The zero-order valence-corrected chi connectivity index (χ0v) is 10.4. The molecule has 1 aromatic rings. The summed E-state index contributed by atoms with van der Waals surface area (Å²) in [5.74, 6) is -6.21. The third-order valence-corrected chi connectivity index (χ3v) is 2.59. The molecular weight excluding hydrogens is 304 g/mol. The molecule has 0 aliphatic carbocycles. The van der Waals surface area contributed by atoms with E-state index >= 15 is 0 Å². The Balaban J connectivity index is 2.74. The summed E-state index contributed by atoms with van der Waals surface area (Å²) in [6, 6.07) is 5.63. The van der Waals surface area contributed by atoms with Crippen LogP contribution in [0.2, 0.25) is 0 Å². The summed E-state index contributed by atoms with van der Waals surface area (Å²) in [5, 5.41) is 10.4. The maximum absolute atomic E-state index is 12.3. The van der Waals surface area contributed by atoms with Crippen LogP contribution in [-0.2, 0) is 17.9 Å². The largest absolute Gasteiger partial charge is 0.409 e. The van der Waals surface area contributed by atoms with Gasteiger partial charge in [-0.3, -0.25) is 4.79 Å². The number of hydrogen-bond donors (Lipinski definition) is 2. The molecule has 3 nitrogen and oxygen atoms in total. The Kier molecular flexibility index (Phi) is 5.21. The first-order valence-corrected chi connectivity index (χ1v) is 5.65. The van der Waals surface area contributed by atoms with E-state index in [9.17, 15) is 31.1 Å². The molecule has 0 unspecified atom stereocenters. The van der Waals surface area contributed by atoms with Gasteiger partial charge in [0.1, 0.15) is 0 Å². The molecule has 0 saturated heterocycles. The smallest absolute Gasteiger partial charge is 0.392 e. The van der Waals surface area contributed by atoms with E-state index in [4.69, 9.17) is 5.11 Å². The molecule has 0 fully saturated rings. The van der Waals surface area contributed by atoms with Crippen molar-refractivity contribution < 1.29 is 36.2 Å². The summed E-state index contributed by atoms with van der Waals surface area (Å²) in [6.07, 6.45) is -11.4. The summed E-state index contributed by atoms with van der Waals surface area (Å²) >= 11 is 0. The molecular formula is C12H11F6NO2. The number of benzene rings is 1. The first-order chi connectivity index (χ1) is 9.55. The number of nitrogens with one attached hydrogen (secondary N) is 1. The van der Waals surface area contributed by atoms with Crippen molar-refractivity contribution in [2.24, 2.45) is 5.92 Å². The fourth-order valence-electron chi connectivity index (χ4n) is 1.54. The van der Waals surface area contributed by atoms with E-state index in [1.807, 2.05) is 0 Å². The first kappa shape index (κ1) is 17.3. The van der Waals surface area contributed by atoms with Gasteiger partial charge in [-0.1, -0.05) is 24.3 Å². The van der Waals surface area contributed by atoms with Gasteiger partial charge in [-0.15, -0.1) is 0 Å². The van der Waals surface area contributed by atoms with Gasteiger partial charge >= 0.3 is 12.4 Å². The van der Waals surface area contributed by atoms with Crippen molar-refractivity contribution in [3.63, 3.8) is 0 Å². The van der Waals surface area contributed by atoms with Crippen LogP contribution in [0, 0.1) is 5.92 Å². The second-order valence-electron chi connectivity index (χ2n) is 4.21. The number of alkyl halides is 6. The SMILES string of the molecule is O=C(NCc1ccc(CO)cc1)C(C(F)(F)F)C(F)(F)F. The lowest BCUT2D eigenvalue weighted by molar-refractivity contribution is -0.274. The normalized spacial score (nSPS) is 12.6. The minimum Gasteiger partial charge on any atom is -0.392 e. The molecule has 0 aliphatic rings. The molecule has 0 spiro atoms. The summed E-state index contributed by atoms with van der Waals surface area (Å²) in [7, 11) is 0. The number of halogens is 6. The number of hydrogen-bond acceptors (Lipinski definition) is 2. The number of rotatable bonds is 4. The maximum atomic E-state index is 12.3. The molecule has 0 atom stereocenters. The van der Waals surface area contributed by atoms with E-state index in [0.717, 1.165) is 0 Å². The van der Waals surface area contributed by atoms with Gasteiger partial charge in [0.15, 0.2) is 0 Å². The molecule has 0 aromatic heterocycles. The topological polar surface area (TPSA) is 49.3 Å². The van der Waals surface area contributed by atoms with E-state index in [-0.39, 0.29) is 6.61 Å². The highest BCUT2D eigenvalue weighted by molar-refractivity contribution is 5.80. The lowest BCUT2D eigenvalue weighted by Gasteiger charge is -2.22. The summed E-state index contributed by atoms with van der Waals surface area (Å²) in [6.45, 7) is -0.732. The monoisotopic (exact) mass is 315 g/mol. The average molecular weight is 315 g/mol. The van der Waals surface area contributed by atoms with Crippen LogP contribution in [0.25, 0.3) is 0 Å². The predicted octanol–water partition coefficient (Wildman–Crippen LogP) is 2.54. The van der Waals surface area contributed by atoms with Crippen LogP contribution in [-0.4, -0.2) is 23.4 Å². The molecule has 1 rings (SSSR count).